The molecule has 0 saturated carbocycles. The number of aromatic amines is 1. The van der Waals surface area contributed by atoms with Gasteiger partial charge in [0.1, 0.15) is 0 Å². The van der Waals surface area contributed by atoms with E-state index < -0.39 is 0 Å². The number of H-pyrrole nitrogens is 1. The molecule has 0 unspecified atom stereocenters. The topological polar surface area (TPSA) is 80.5 Å². The normalized spacial score (nSPS) is 11.1. The van der Waals surface area contributed by atoms with E-state index in [0.29, 0.717) is 5.89 Å². The van der Waals surface area contributed by atoms with Crippen molar-refractivity contribution in [3.8, 4) is 11.5 Å². The Kier molecular flexibility index (Phi) is 2.93. The number of fused-ring (bicyclic) bond motifs is 1. The van der Waals surface area contributed by atoms with Crippen LogP contribution in [0.1, 0.15) is 17.0 Å². The van der Waals surface area contributed by atoms with Crippen molar-refractivity contribution in [3.63, 3.8) is 0 Å². The van der Waals surface area contributed by atoms with Crippen LogP contribution in [0.25, 0.3) is 22.4 Å². The number of aromatic nitrogens is 5. The van der Waals surface area contributed by atoms with E-state index in [4.69, 9.17) is 4.42 Å². The average Bonchev–Trinajstić information content (AvgIpc) is 3.19. The Balaban J connectivity index is 1.74. The van der Waals surface area contributed by atoms with Crippen LogP contribution in [0.3, 0.4) is 0 Å². The molecule has 22 heavy (non-hydrogen) atoms. The first-order valence-corrected chi connectivity index (χ1v) is 6.95. The molecule has 0 spiro atoms. The molecule has 1 aromatic carbocycles. The molecule has 0 atom stereocenters. The first-order chi connectivity index (χ1) is 10.8. The lowest BCUT2D eigenvalue weighted by Gasteiger charge is -2.04. The quantitative estimate of drug-likeness (QED) is 0.627. The Hall–Kier alpha value is -3.02. The first-order valence-electron chi connectivity index (χ1n) is 6.95. The maximum absolute atomic E-state index is 5.25. The van der Waals surface area contributed by atoms with Gasteiger partial charge in [-0.3, -0.25) is 10.1 Å². The summed E-state index contributed by atoms with van der Waals surface area (Å²) in [5.41, 5.74) is 5.02. The SMILES string of the molecule is Cc1[nH]nc2ccnc(Cc3cccc(-c4nnco4)c3)c12. The van der Waals surface area contributed by atoms with Crippen LogP contribution in [0, 0.1) is 6.92 Å². The summed E-state index contributed by atoms with van der Waals surface area (Å²) in [5, 5.41) is 16.0. The summed E-state index contributed by atoms with van der Waals surface area (Å²) in [6.07, 6.45) is 3.85. The highest BCUT2D eigenvalue weighted by atomic mass is 16.4. The predicted octanol–water partition coefficient (Wildman–Crippen LogP) is 2.91. The zero-order chi connectivity index (χ0) is 14.9. The minimum absolute atomic E-state index is 0.521. The minimum Gasteiger partial charge on any atom is -0.423 e. The van der Waals surface area contributed by atoms with Crippen molar-refractivity contribution >= 4 is 10.9 Å². The van der Waals surface area contributed by atoms with Gasteiger partial charge in [0, 0.05) is 29.3 Å². The Morgan fingerprint density at radius 1 is 1.23 bits per heavy atom. The van der Waals surface area contributed by atoms with E-state index in [1.54, 1.807) is 6.20 Å². The van der Waals surface area contributed by atoms with Crippen LogP contribution in [0.5, 0.6) is 0 Å². The van der Waals surface area contributed by atoms with Gasteiger partial charge in [-0.15, -0.1) is 10.2 Å². The summed E-state index contributed by atoms with van der Waals surface area (Å²) in [6, 6.07) is 9.96. The average molecular weight is 291 g/mol. The Labute approximate surface area is 126 Å². The molecule has 4 rings (SSSR count). The summed E-state index contributed by atoms with van der Waals surface area (Å²) in [4.78, 5) is 4.52. The number of pyridine rings is 1. The summed E-state index contributed by atoms with van der Waals surface area (Å²) >= 11 is 0. The monoisotopic (exact) mass is 291 g/mol. The van der Waals surface area contributed by atoms with E-state index >= 15 is 0 Å². The zero-order valence-corrected chi connectivity index (χ0v) is 11.9. The fraction of sp³-hybridized carbons (Fsp3) is 0.125. The molecule has 0 bridgehead atoms. The maximum atomic E-state index is 5.25. The Bertz CT molecular complexity index is 927. The van der Waals surface area contributed by atoms with Gasteiger partial charge < -0.3 is 4.42 Å². The molecule has 3 aromatic heterocycles. The van der Waals surface area contributed by atoms with Gasteiger partial charge in [-0.1, -0.05) is 12.1 Å². The van der Waals surface area contributed by atoms with Gasteiger partial charge in [0.05, 0.1) is 11.2 Å². The van der Waals surface area contributed by atoms with Gasteiger partial charge in [-0.25, -0.2) is 0 Å². The highest BCUT2D eigenvalue weighted by Crippen LogP contribution is 2.23. The minimum atomic E-state index is 0.521. The van der Waals surface area contributed by atoms with Gasteiger partial charge in [-0.2, -0.15) is 5.10 Å². The summed E-state index contributed by atoms with van der Waals surface area (Å²) in [6.45, 7) is 2.01. The number of hydrogen-bond acceptors (Lipinski definition) is 5. The molecule has 0 saturated heterocycles. The van der Waals surface area contributed by atoms with E-state index in [-0.39, 0.29) is 0 Å². The number of aryl methyl sites for hydroxylation is 1. The van der Waals surface area contributed by atoms with Crippen LogP contribution in [0.15, 0.2) is 47.3 Å². The fourth-order valence-electron chi connectivity index (χ4n) is 2.64. The molecule has 4 aromatic rings. The highest BCUT2D eigenvalue weighted by molar-refractivity contribution is 5.83. The largest absolute Gasteiger partial charge is 0.423 e. The van der Waals surface area contributed by atoms with Gasteiger partial charge >= 0.3 is 0 Å². The van der Waals surface area contributed by atoms with Crippen LogP contribution < -0.4 is 0 Å². The van der Waals surface area contributed by atoms with E-state index in [2.05, 4.69) is 31.4 Å². The predicted molar refractivity (Wildman–Crippen MR) is 81.2 cm³/mol. The van der Waals surface area contributed by atoms with Crippen molar-refractivity contribution in [1.82, 2.24) is 25.4 Å². The summed E-state index contributed by atoms with van der Waals surface area (Å²) < 4.78 is 5.25. The number of nitrogens with zero attached hydrogens (tertiary/aromatic N) is 4. The second kappa shape index (κ2) is 5.07. The third kappa shape index (κ3) is 2.14. The molecule has 0 radical (unpaired) electrons. The van der Waals surface area contributed by atoms with E-state index in [9.17, 15) is 0 Å². The molecule has 0 aliphatic heterocycles. The smallest absolute Gasteiger partial charge is 0.247 e. The molecule has 6 nitrogen and oxygen atoms in total. The second-order valence-corrected chi connectivity index (χ2v) is 5.12. The summed E-state index contributed by atoms with van der Waals surface area (Å²) in [7, 11) is 0. The third-order valence-electron chi connectivity index (χ3n) is 3.63. The molecule has 6 heteroatoms. The van der Waals surface area contributed by atoms with Crippen molar-refractivity contribution in [2.45, 2.75) is 13.3 Å². The van der Waals surface area contributed by atoms with Crippen molar-refractivity contribution in [2.24, 2.45) is 0 Å². The molecule has 3 heterocycles. The van der Waals surface area contributed by atoms with Crippen LogP contribution >= 0.6 is 0 Å². The van der Waals surface area contributed by atoms with E-state index in [1.807, 2.05) is 31.2 Å². The molecule has 0 amide bonds. The number of hydrogen-bond donors (Lipinski definition) is 1. The maximum Gasteiger partial charge on any atom is 0.247 e. The third-order valence-corrected chi connectivity index (χ3v) is 3.63. The van der Waals surface area contributed by atoms with Crippen LogP contribution in [-0.2, 0) is 6.42 Å². The molecule has 0 fully saturated rings. The van der Waals surface area contributed by atoms with Gasteiger partial charge in [-0.05, 0) is 30.7 Å². The van der Waals surface area contributed by atoms with Crippen molar-refractivity contribution in [2.75, 3.05) is 0 Å². The van der Waals surface area contributed by atoms with Crippen molar-refractivity contribution < 1.29 is 4.42 Å². The molecule has 0 aliphatic rings. The number of rotatable bonds is 3. The van der Waals surface area contributed by atoms with E-state index in [1.165, 1.54) is 6.39 Å². The van der Waals surface area contributed by atoms with Crippen LogP contribution in [-0.4, -0.2) is 25.4 Å². The molecule has 1 N–H and O–H groups in total. The Morgan fingerprint density at radius 3 is 3.05 bits per heavy atom. The van der Waals surface area contributed by atoms with Gasteiger partial charge in [0.15, 0.2) is 0 Å². The molecular weight excluding hydrogens is 278 g/mol. The number of nitrogens with one attached hydrogen (secondary N) is 1. The van der Waals surface area contributed by atoms with Gasteiger partial charge in [0.2, 0.25) is 12.3 Å². The van der Waals surface area contributed by atoms with Gasteiger partial charge in [0.25, 0.3) is 0 Å². The van der Waals surface area contributed by atoms with Crippen LogP contribution in [0.2, 0.25) is 0 Å². The summed E-state index contributed by atoms with van der Waals surface area (Å²) in [5.74, 6) is 0.521. The Morgan fingerprint density at radius 2 is 2.18 bits per heavy atom. The lowest BCUT2D eigenvalue weighted by Crippen LogP contribution is -1.94. The first kappa shape index (κ1) is 12.7. The zero-order valence-electron chi connectivity index (χ0n) is 11.9. The van der Waals surface area contributed by atoms with Crippen LogP contribution in [0.4, 0.5) is 0 Å². The lowest BCUT2D eigenvalue weighted by molar-refractivity contribution is 0.568. The second-order valence-electron chi connectivity index (χ2n) is 5.12. The fourth-order valence-corrected chi connectivity index (χ4v) is 2.64. The standard InChI is InChI=1S/C16H13N5O/c1-10-15-13(20-19-10)5-6-17-14(15)8-11-3-2-4-12(7-11)16-21-18-9-22-16/h2-7,9H,8H2,1H3,(H,19,20). The lowest BCUT2D eigenvalue weighted by atomic mass is 10.0. The molecule has 108 valence electrons. The molecular formula is C16H13N5O. The van der Waals surface area contributed by atoms with Crippen molar-refractivity contribution in [3.05, 3.63) is 59.9 Å². The highest BCUT2D eigenvalue weighted by Gasteiger charge is 2.10. The number of benzene rings is 1. The van der Waals surface area contributed by atoms with E-state index in [0.717, 1.165) is 39.8 Å². The molecule has 0 aliphatic carbocycles. The van der Waals surface area contributed by atoms with Crippen molar-refractivity contribution in [1.29, 1.82) is 0 Å².